The Morgan fingerprint density at radius 1 is 0.926 bits per heavy atom. The van der Waals surface area contributed by atoms with Crippen molar-refractivity contribution in [2.24, 2.45) is 5.73 Å². The predicted molar refractivity (Wildman–Crippen MR) is 110 cm³/mol. The van der Waals surface area contributed by atoms with E-state index in [4.69, 9.17) is 19.9 Å². The van der Waals surface area contributed by atoms with Crippen molar-refractivity contribution in [2.45, 2.75) is 26.2 Å². The summed E-state index contributed by atoms with van der Waals surface area (Å²) < 4.78 is 16.5. The van der Waals surface area contributed by atoms with Gasteiger partial charge < -0.3 is 24.9 Å². The molecular formula is C22H28N2O3. The molecule has 1 heterocycles. The van der Waals surface area contributed by atoms with E-state index in [0.717, 1.165) is 58.8 Å². The zero-order valence-corrected chi connectivity index (χ0v) is 16.5. The van der Waals surface area contributed by atoms with Gasteiger partial charge in [-0.25, -0.2) is 0 Å². The summed E-state index contributed by atoms with van der Waals surface area (Å²) in [5.74, 6) is 2.42. The monoisotopic (exact) mass is 368 g/mol. The molecular weight excluding hydrogens is 340 g/mol. The second kappa shape index (κ2) is 8.35. The third kappa shape index (κ3) is 3.74. The van der Waals surface area contributed by atoms with Crippen LogP contribution in [0.3, 0.4) is 0 Å². The fourth-order valence-electron chi connectivity index (χ4n) is 3.55. The van der Waals surface area contributed by atoms with Crippen molar-refractivity contribution in [1.82, 2.24) is 4.98 Å². The highest BCUT2D eigenvalue weighted by molar-refractivity contribution is 5.94. The number of aromatic amines is 1. The van der Waals surface area contributed by atoms with Crippen LogP contribution in [0.4, 0.5) is 0 Å². The van der Waals surface area contributed by atoms with Crippen molar-refractivity contribution in [3.8, 4) is 28.5 Å². The maximum absolute atomic E-state index is 5.72. The quantitative estimate of drug-likeness (QED) is 0.576. The first-order chi connectivity index (χ1) is 13.1. The van der Waals surface area contributed by atoms with Gasteiger partial charge in [0, 0.05) is 22.5 Å². The number of aryl methyl sites for hydroxylation is 2. The van der Waals surface area contributed by atoms with E-state index in [-0.39, 0.29) is 0 Å². The summed E-state index contributed by atoms with van der Waals surface area (Å²) in [5.41, 5.74) is 11.4. The Morgan fingerprint density at radius 2 is 1.70 bits per heavy atom. The van der Waals surface area contributed by atoms with Crippen LogP contribution < -0.4 is 19.9 Å². The lowest BCUT2D eigenvalue weighted by Crippen LogP contribution is -1.99. The Balaban J connectivity index is 2.22. The third-order valence-corrected chi connectivity index (χ3v) is 4.98. The molecule has 0 aliphatic carbocycles. The zero-order valence-electron chi connectivity index (χ0n) is 16.5. The lowest BCUT2D eigenvalue weighted by atomic mass is 9.98. The number of H-pyrrole nitrogens is 1. The van der Waals surface area contributed by atoms with Crippen molar-refractivity contribution >= 4 is 10.9 Å². The first kappa shape index (κ1) is 19.1. The van der Waals surface area contributed by atoms with E-state index in [1.807, 2.05) is 18.2 Å². The number of rotatable bonds is 8. The molecule has 0 spiro atoms. The summed E-state index contributed by atoms with van der Waals surface area (Å²) >= 11 is 0. The van der Waals surface area contributed by atoms with Crippen LogP contribution >= 0.6 is 0 Å². The fourth-order valence-corrected chi connectivity index (χ4v) is 3.55. The van der Waals surface area contributed by atoms with E-state index in [9.17, 15) is 0 Å². The molecule has 0 atom stereocenters. The molecule has 5 heteroatoms. The van der Waals surface area contributed by atoms with E-state index in [0.29, 0.717) is 6.54 Å². The maximum Gasteiger partial charge on any atom is 0.131 e. The van der Waals surface area contributed by atoms with E-state index >= 15 is 0 Å². The minimum absolute atomic E-state index is 0.700. The first-order valence-electron chi connectivity index (χ1n) is 9.24. The highest BCUT2D eigenvalue weighted by Gasteiger charge is 2.18. The summed E-state index contributed by atoms with van der Waals surface area (Å²) in [6.45, 7) is 2.80. The van der Waals surface area contributed by atoms with Gasteiger partial charge in [-0.05, 0) is 68.1 Å². The third-order valence-electron chi connectivity index (χ3n) is 4.98. The molecule has 27 heavy (non-hydrogen) atoms. The van der Waals surface area contributed by atoms with Gasteiger partial charge in [-0.15, -0.1) is 0 Å². The van der Waals surface area contributed by atoms with Crippen LogP contribution in [0, 0.1) is 6.92 Å². The number of benzene rings is 2. The molecule has 0 fully saturated rings. The number of hydrogen-bond donors (Lipinski definition) is 2. The lowest BCUT2D eigenvalue weighted by molar-refractivity contribution is 0.395. The van der Waals surface area contributed by atoms with Gasteiger partial charge in [0.2, 0.25) is 0 Å². The molecule has 0 radical (unpaired) electrons. The number of nitrogens with one attached hydrogen (secondary N) is 1. The second-order valence-electron chi connectivity index (χ2n) is 6.66. The van der Waals surface area contributed by atoms with Crippen molar-refractivity contribution in [3.63, 3.8) is 0 Å². The number of hydrogen-bond acceptors (Lipinski definition) is 4. The SMILES string of the molecule is COc1ccc(-c2[nH]c3c(C)cc(OC)cc3c2CCCCN)c(OC)c1. The highest BCUT2D eigenvalue weighted by atomic mass is 16.5. The Hall–Kier alpha value is -2.66. The normalized spacial score (nSPS) is 11.0. The van der Waals surface area contributed by atoms with Gasteiger partial charge in [0.05, 0.1) is 27.0 Å². The lowest BCUT2D eigenvalue weighted by Gasteiger charge is -2.11. The average molecular weight is 368 g/mol. The van der Waals surface area contributed by atoms with Crippen LogP contribution in [0.2, 0.25) is 0 Å². The predicted octanol–water partition coefficient (Wildman–Crippen LogP) is 4.45. The van der Waals surface area contributed by atoms with Crippen molar-refractivity contribution < 1.29 is 14.2 Å². The molecule has 2 aromatic carbocycles. The first-order valence-corrected chi connectivity index (χ1v) is 9.24. The highest BCUT2D eigenvalue weighted by Crippen LogP contribution is 2.40. The van der Waals surface area contributed by atoms with E-state index in [1.54, 1.807) is 21.3 Å². The summed E-state index contributed by atoms with van der Waals surface area (Å²) in [5, 5.41) is 1.19. The molecule has 1 aromatic heterocycles. The van der Waals surface area contributed by atoms with E-state index in [1.165, 1.54) is 10.9 Å². The molecule has 0 bridgehead atoms. The minimum atomic E-state index is 0.700. The standard InChI is InChI=1S/C22H28N2O3/c1-14-11-16(26-3)12-19-17(7-5-6-10-23)22(24-21(14)19)18-9-8-15(25-2)13-20(18)27-4/h8-9,11-13,24H,5-7,10,23H2,1-4H3. The second-order valence-corrected chi connectivity index (χ2v) is 6.66. The molecule has 0 amide bonds. The van der Waals surface area contributed by atoms with Crippen molar-refractivity contribution in [1.29, 1.82) is 0 Å². The summed E-state index contributed by atoms with van der Waals surface area (Å²) in [4.78, 5) is 3.63. The van der Waals surface area contributed by atoms with Crippen LogP contribution in [-0.4, -0.2) is 32.9 Å². The Kier molecular flexibility index (Phi) is 5.91. The average Bonchev–Trinajstić information content (AvgIpc) is 3.06. The summed E-state index contributed by atoms with van der Waals surface area (Å²) in [7, 11) is 5.04. The fraction of sp³-hybridized carbons (Fsp3) is 0.364. The summed E-state index contributed by atoms with van der Waals surface area (Å²) in [6.07, 6.45) is 2.97. The smallest absolute Gasteiger partial charge is 0.131 e. The van der Waals surface area contributed by atoms with E-state index in [2.05, 4.69) is 24.0 Å². The molecule has 0 aliphatic heterocycles. The number of methoxy groups -OCH3 is 3. The van der Waals surface area contributed by atoms with Gasteiger partial charge in [-0.3, -0.25) is 0 Å². The van der Waals surface area contributed by atoms with Gasteiger partial charge >= 0.3 is 0 Å². The number of aromatic nitrogens is 1. The van der Waals surface area contributed by atoms with Gasteiger partial charge in [0.15, 0.2) is 0 Å². The molecule has 0 aliphatic rings. The molecule has 0 saturated carbocycles. The van der Waals surface area contributed by atoms with Gasteiger partial charge in [0.25, 0.3) is 0 Å². The maximum atomic E-state index is 5.72. The summed E-state index contributed by atoms with van der Waals surface area (Å²) in [6, 6.07) is 10.1. The largest absolute Gasteiger partial charge is 0.497 e. The van der Waals surface area contributed by atoms with Gasteiger partial charge in [-0.2, -0.15) is 0 Å². The van der Waals surface area contributed by atoms with Crippen molar-refractivity contribution in [2.75, 3.05) is 27.9 Å². The topological polar surface area (TPSA) is 69.5 Å². The molecule has 3 aromatic rings. The number of fused-ring (bicyclic) bond motifs is 1. The molecule has 3 rings (SSSR count). The van der Waals surface area contributed by atoms with Crippen molar-refractivity contribution in [3.05, 3.63) is 41.5 Å². The van der Waals surface area contributed by atoms with Crippen LogP contribution in [0.1, 0.15) is 24.0 Å². The minimum Gasteiger partial charge on any atom is -0.497 e. The zero-order chi connectivity index (χ0) is 19.4. The molecule has 3 N–H and O–H groups in total. The Morgan fingerprint density at radius 3 is 2.37 bits per heavy atom. The Bertz CT molecular complexity index is 931. The van der Waals surface area contributed by atoms with Crippen LogP contribution in [0.15, 0.2) is 30.3 Å². The van der Waals surface area contributed by atoms with Gasteiger partial charge in [0.1, 0.15) is 17.2 Å². The van der Waals surface area contributed by atoms with Crippen LogP contribution in [-0.2, 0) is 6.42 Å². The molecule has 0 unspecified atom stereocenters. The molecule has 5 nitrogen and oxygen atoms in total. The van der Waals surface area contributed by atoms with Gasteiger partial charge in [-0.1, -0.05) is 0 Å². The Labute approximate surface area is 160 Å². The molecule has 0 saturated heterocycles. The number of unbranched alkanes of at least 4 members (excludes halogenated alkanes) is 1. The molecule has 144 valence electrons. The van der Waals surface area contributed by atoms with Crippen LogP contribution in [0.5, 0.6) is 17.2 Å². The van der Waals surface area contributed by atoms with E-state index < -0.39 is 0 Å². The number of nitrogens with two attached hydrogens (primary N) is 1. The van der Waals surface area contributed by atoms with Crippen LogP contribution in [0.25, 0.3) is 22.2 Å². The number of ether oxygens (including phenoxy) is 3.